The number of fused-ring (bicyclic) bond motifs is 1. The predicted molar refractivity (Wildman–Crippen MR) is 141 cm³/mol. The number of halogens is 3. The summed E-state index contributed by atoms with van der Waals surface area (Å²) in [6.45, 7) is 2.21. The van der Waals surface area contributed by atoms with Crippen LogP contribution in [0, 0.1) is 0 Å². The number of nitrogens with zero attached hydrogens (tertiary/aromatic N) is 3. The van der Waals surface area contributed by atoms with Gasteiger partial charge in [0.15, 0.2) is 0 Å². The summed E-state index contributed by atoms with van der Waals surface area (Å²) in [5.41, 5.74) is 2.41. The second-order valence-electron chi connectivity index (χ2n) is 7.98. The number of anilines is 3. The molecule has 0 atom stereocenters. The lowest BCUT2D eigenvalue weighted by molar-refractivity contribution is -0.117. The molecule has 2 heterocycles. The van der Waals surface area contributed by atoms with Crippen molar-refractivity contribution in [3.63, 3.8) is 0 Å². The van der Waals surface area contributed by atoms with Crippen LogP contribution in [0.4, 0.5) is 17.5 Å². The van der Waals surface area contributed by atoms with Crippen molar-refractivity contribution in [2.75, 3.05) is 10.6 Å². The van der Waals surface area contributed by atoms with Gasteiger partial charge in [0.05, 0.1) is 26.8 Å². The van der Waals surface area contributed by atoms with E-state index in [-0.39, 0.29) is 11.7 Å². The molecule has 0 saturated carbocycles. The molecule has 35 heavy (non-hydrogen) atoms. The zero-order valence-electron chi connectivity index (χ0n) is 18.8. The lowest BCUT2D eigenvalue weighted by atomic mass is 10.1. The van der Waals surface area contributed by atoms with E-state index in [9.17, 15) is 9.59 Å². The molecule has 0 spiro atoms. The van der Waals surface area contributed by atoms with E-state index in [0.717, 1.165) is 18.4 Å². The number of amides is 1. The molecule has 0 aliphatic heterocycles. The standard InChI is InChI=1S/C25H22Cl3N5O2/c1-15(34)5-2-3-12-33-21-9-8-16(24(35)31-22-14-17(26)10-11-29-22)13-20(21)30-25(33)32-23-18(27)6-4-7-19(23)28/h4,6-11,13-14H,2-3,5,12H2,1H3,(H,30,32)(H,29,31,35). The van der Waals surface area contributed by atoms with Crippen LogP contribution in [0.3, 0.4) is 0 Å². The highest BCUT2D eigenvalue weighted by Gasteiger charge is 2.16. The molecule has 10 heteroatoms. The maximum absolute atomic E-state index is 12.8. The van der Waals surface area contributed by atoms with Gasteiger partial charge in [0.1, 0.15) is 11.6 Å². The number of rotatable bonds is 9. The summed E-state index contributed by atoms with van der Waals surface area (Å²) < 4.78 is 2.00. The average molecular weight is 531 g/mol. The maximum atomic E-state index is 12.8. The third kappa shape index (κ3) is 6.11. The number of unbranched alkanes of at least 4 members (excludes halogenated alkanes) is 1. The van der Waals surface area contributed by atoms with Crippen LogP contribution in [0.25, 0.3) is 11.0 Å². The Morgan fingerprint density at radius 1 is 1.00 bits per heavy atom. The lowest BCUT2D eigenvalue weighted by Crippen LogP contribution is -2.12. The van der Waals surface area contributed by atoms with E-state index in [2.05, 4.69) is 15.6 Å². The summed E-state index contributed by atoms with van der Waals surface area (Å²) in [7, 11) is 0. The molecule has 0 radical (unpaired) electrons. The second kappa shape index (κ2) is 11.1. The largest absolute Gasteiger partial charge is 0.323 e. The molecule has 0 fully saturated rings. The summed E-state index contributed by atoms with van der Waals surface area (Å²) in [4.78, 5) is 33.0. The smallest absolute Gasteiger partial charge is 0.256 e. The topological polar surface area (TPSA) is 88.9 Å². The molecule has 2 aromatic carbocycles. The number of aromatic nitrogens is 3. The van der Waals surface area contributed by atoms with E-state index >= 15 is 0 Å². The Balaban J connectivity index is 1.66. The summed E-state index contributed by atoms with van der Waals surface area (Å²) in [5, 5.41) is 7.37. The minimum absolute atomic E-state index is 0.159. The molecule has 4 rings (SSSR count). The van der Waals surface area contributed by atoms with Crippen LogP contribution in [0.5, 0.6) is 0 Å². The fraction of sp³-hybridized carbons (Fsp3) is 0.200. The van der Waals surface area contributed by atoms with Gasteiger partial charge in [-0.2, -0.15) is 0 Å². The number of Topliss-reactive ketones (excluding diaryl/α,β-unsaturated/α-hetero) is 1. The third-order valence-corrected chi connectivity index (χ3v) is 6.20. The molecule has 4 aromatic rings. The van der Waals surface area contributed by atoms with Crippen molar-refractivity contribution < 1.29 is 9.59 Å². The molecule has 7 nitrogen and oxygen atoms in total. The third-order valence-electron chi connectivity index (χ3n) is 5.33. The maximum Gasteiger partial charge on any atom is 0.256 e. The SMILES string of the molecule is CC(=O)CCCCn1c(Nc2c(Cl)cccc2Cl)nc2cc(C(=O)Nc3cc(Cl)ccn3)ccc21. The van der Waals surface area contributed by atoms with Crippen molar-refractivity contribution >= 4 is 75.0 Å². The van der Waals surface area contributed by atoms with Crippen LogP contribution >= 0.6 is 34.8 Å². The number of hydrogen-bond donors (Lipinski definition) is 2. The first-order valence-corrected chi connectivity index (χ1v) is 12.1. The van der Waals surface area contributed by atoms with Gasteiger partial charge in [-0.3, -0.25) is 4.79 Å². The van der Waals surface area contributed by atoms with Crippen molar-refractivity contribution in [2.45, 2.75) is 32.7 Å². The Bertz CT molecular complexity index is 1380. The lowest BCUT2D eigenvalue weighted by Gasteiger charge is -2.13. The Morgan fingerprint density at radius 2 is 1.77 bits per heavy atom. The van der Waals surface area contributed by atoms with Gasteiger partial charge in [-0.25, -0.2) is 9.97 Å². The molecule has 0 aliphatic rings. The predicted octanol–water partition coefficient (Wildman–Crippen LogP) is 7.15. The van der Waals surface area contributed by atoms with E-state index in [1.807, 2.05) is 10.6 Å². The average Bonchev–Trinajstić information content (AvgIpc) is 3.15. The molecule has 0 bridgehead atoms. The molecule has 2 N–H and O–H groups in total. The highest BCUT2D eigenvalue weighted by molar-refractivity contribution is 6.39. The van der Waals surface area contributed by atoms with Gasteiger partial charge in [0.25, 0.3) is 5.91 Å². The highest BCUT2D eigenvalue weighted by atomic mass is 35.5. The van der Waals surface area contributed by atoms with Crippen molar-refractivity contribution in [1.29, 1.82) is 0 Å². The van der Waals surface area contributed by atoms with E-state index in [1.165, 1.54) is 6.20 Å². The second-order valence-corrected chi connectivity index (χ2v) is 9.24. The first-order valence-electron chi connectivity index (χ1n) is 11.0. The number of nitrogens with one attached hydrogen (secondary N) is 2. The molecular weight excluding hydrogens is 509 g/mol. The summed E-state index contributed by atoms with van der Waals surface area (Å²) in [6.07, 6.45) is 3.58. The van der Waals surface area contributed by atoms with Gasteiger partial charge in [0, 0.05) is 29.7 Å². The van der Waals surface area contributed by atoms with Crippen molar-refractivity contribution in [3.8, 4) is 0 Å². The quantitative estimate of drug-likeness (QED) is 0.224. The van der Waals surface area contributed by atoms with Gasteiger partial charge >= 0.3 is 0 Å². The molecule has 0 saturated heterocycles. The van der Waals surface area contributed by atoms with Crippen LogP contribution < -0.4 is 10.6 Å². The summed E-state index contributed by atoms with van der Waals surface area (Å²) >= 11 is 18.7. The van der Waals surface area contributed by atoms with Gasteiger partial charge in [-0.1, -0.05) is 40.9 Å². The number of hydrogen-bond acceptors (Lipinski definition) is 5. The zero-order valence-corrected chi connectivity index (χ0v) is 21.1. The number of carbonyl (C=O) groups is 2. The van der Waals surface area contributed by atoms with Crippen molar-refractivity contribution in [2.24, 2.45) is 0 Å². The molecular formula is C25H22Cl3N5O2. The van der Waals surface area contributed by atoms with Crippen LogP contribution in [-0.2, 0) is 11.3 Å². The number of carbonyl (C=O) groups excluding carboxylic acids is 2. The van der Waals surface area contributed by atoms with Crippen LogP contribution in [0.1, 0.15) is 36.5 Å². The highest BCUT2D eigenvalue weighted by Crippen LogP contribution is 2.33. The zero-order chi connectivity index (χ0) is 24.9. The van der Waals surface area contributed by atoms with E-state index in [4.69, 9.17) is 39.8 Å². The monoisotopic (exact) mass is 529 g/mol. The molecule has 2 aromatic heterocycles. The van der Waals surface area contributed by atoms with Gasteiger partial charge in [-0.15, -0.1) is 0 Å². The van der Waals surface area contributed by atoms with Crippen LogP contribution in [0.2, 0.25) is 15.1 Å². The number of imidazole rings is 1. The van der Waals surface area contributed by atoms with E-state index < -0.39 is 0 Å². The van der Waals surface area contributed by atoms with Gasteiger partial charge in [-0.05, 0) is 62.2 Å². The van der Waals surface area contributed by atoms with Crippen LogP contribution in [0.15, 0.2) is 54.7 Å². The first-order chi connectivity index (χ1) is 16.8. The Kier molecular flexibility index (Phi) is 7.90. The summed E-state index contributed by atoms with van der Waals surface area (Å²) in [6, 6.07) is 13.7. The Labute approximate surface area is 217 Å². The van der Waals surface area contributed by atoms with Crippen molar-refractivity contribution in [1.82, 2.24) is 14.5 Å². The number of ketones is 1. The van der Waals surface area contributed by atoms with Crippen molar-refractivity contribution in [3.05, 3.63) is 75.4 Å². The normalized spacial score (nSPS) is 11.0. The van der Waals surface area contributed by atoms with Gasteiger partial charge < -0.3 is 20.0 Å². The fourth-order valence-corrected chi connectivity index (χ4v) is 4.28. The molecule has 0 aliphatic carbocycles. The fourth-order valence-electron chi connectivity index (χ4n) is 3.63. The van der Waals surface area contributed by atoms with E-state index in [1.54, 1.807) is 49.4 Å². The molecule has 1 amide bonds. The number of benzene rings is 2. The molecule has 180 valence electrons. The number of para-hydroxylation sites is 1. The summed E-state index contributed by atoms with van der Waals surface area (Å²) in [5.74, 6) is 0.717. The number of pyridine rings is 1. The molecule has 0 unspecified atom stereocenters. The minimum atomic E-state index is -0.332. The Morgan fingerprint density at radius 3 is 2.49 bits per heavy atom. The Hall–Kier alpha value is -3.13. The number of aryl methyl sites for hydroxylation is 1. The van der Waals surface area contributed by atoms with Gasteiger partial charge in [0.2, 0.25) is 5.95 Å². The first kappa shape index (κ1) is 25.0. The van der Waals surface area contributed by atoms with E-state index in [0.29, 0.717) is 56.6 Å². The van der Waals surface area contributed by atoms with Crippen LogP contribution in [-0.4, -0.2) is 26.2 Å². The minimum Gasteiger partial charge on any atom is -0.323 e.